The zero-order valence-corrected chi connectivity index (χ0v) is 14.1. The van der Waals surface area contributed by atoms with E-state index in [1.54, 1.807) is 7.11 Å². The van der Waals surface area contributed by atoms with Gasteiger partial charge >= 0.3 is 0 Å². The quantitative estimate of drug-likeness (QED) is 0.876. The van der Waals surface area contributed by atoms with Crippen LogP contribution >= 0.6 is 0 Å². The predicted octanol–water partition coefficient (Wildman–Crippen LogP) is 3.22. The van der Waals surface area contributed by atoms with Crippen molar-refractivity contribution in [2.45, 2.75) is 38.5 Å². The summed E-state index contributed by atoms with van der Waals surface area (Å²) in [6, 6.07) is 8.17. The van der Waals surface area contributed by atoms with Crippen molar-refractivity contribution < 1.29 is 9.53 Å². The van der Waals surface area contributed by atoms with E-state index in [1.165, 1.54) is 25.7 Å². The standard InChI is InChI=1S/C19H28N2O2/c1-23-18-9-5-4-8-17(18)21-11-10-16(14-21)13-20-19(22)12-15-6-2-3-7-15/h4-5,8-9,15-16H,2-3,6-7,10-14H2,1H3,(H,20,22). The fraction of sp³-hybridized carbons (Fsp3) is 0.632. The molecule has 0 radical (unpaired) electrons. The number of hydrogen-bond donors (Lipinski definition) is 1. The first-order valence-electron chi connectivity index (χ1n) is 8.91. The normalized spacial score (nSPS) is 21.6. The number of rotatable bonds is 6. The second kappa shape index (κ2) is 7.71. The molecule has 1 saturated heterocycles. The van der Waals surface area contributed by atoms with Crippen LogP contribution in [0.25, 0.3) is 0 Å². The van der Waals surface area contributed by atoms with Crippen LogP contribution in [-0.2, 0) is 4.79 Å². The van der Waals surface area contributed by atoms with E-state index >= 15 is 0 Å². The first-order chi connectivity index (χ1) is 11.3. The monoisotopic (exact) mass is 316 g/mol. The third-order valence-electron chi connectivity index (χ3n) is 5.25. The highest BCUT2D eigenvalue weighted by molar-refractivity contribution is 5.76. The topological polar surface area (TPSA) is 41.6 Å². The highest BCUT2D eigenvalue weighted by atomic mass is 16.5. The van der Waals surface area contributed by atoms with E-state index in [0.29, 0.717) is 11.8 Å². The van der Waals surface area contributed by atoms with Gasteiger partial charge in [0.05, 0.1) is 12.8 Å². The Kier molecular flexibility index (Phi) is 5.42. The zero-order valence-electron chi connectivity index (χ0n) is 14.1. The molecule has 1 aromatic carbocycles. The molecule has 126 valence electrons. The second-order valence-electron chi connectivity index (χ2n) is 6.93. The number of nitrogens with one attached hydrogen (secondary N) is 1. The molecule has 1 unspecified atom stereocenters. The lowest BCUT2D eigenvalue weighted by Crippen LogP contribution is -2.31. The fourth-order valence-electron chi connectivity index (χ4n) is 3.92. The molecular formula is C19H28N2O2. The minimum atomic E-state index is 0.243. The third-order valence-corrected chi connectivity index (χ3v) is 5.25. The molecule has 0 spiro atoms. The summed E-state index contributed by atoms with van der Waals surface area (Å²) in [4.78, 5) is 14.4. The Morgan fingerprint density at radius 3 is 2.78 bits per heavy atom. The van der Waals surface area contributed by atoms with E-state index in [0.717, 1.165) is 43.9 Å². The van der Waals surface area contributed by atoms with Gasteiger partial charge in [0, 0.05) is 26.1 Å². The van der Waals surface area contributed by atoms with Crippen LogP contribution in [0, 0.1) is 11.8 Å². The molecule has 1 amide bonds. The van der Waals surface area contributed by atoms with Gasteiger partial charge in [-0.1, -0.05) is 25.0 Å². The van der Waals surface area contributed by atoms with Crippen LogP contribution in [0.2, 0.25) is 0 Å². The Morgan fingerprint density at radius 2 is 2.00 bits per heavy atom. The molecule has 0 aromatic heterocycles. The lowest BCUT2D eigenvalue weighted by molar-refractivity contribution is -0.122. The molecule has 2 fully saturated rings. The summed E-state index contributed by atoms with van der Waals surface area (Å²) in [5.41, 5.74) is 1.16. The molecule has 4 heteroatoms. The summed E-state index contributed by atoms with van der Waals surface area (Å²) in [6.45, 7) is 2.82. The number of carbonyl (C=O) groups is 1. The molecule has 1 aliphatic heterocycles. The van der Waals surface area contributed by atoms with Crippen LogP contribution in [-0.4, -0.2) is 32.7 Å². The number of hydrogen-bond acceptors (Lipinski definition) is 3. The smallest absolute Gasteiger partial charge is 0.220 e. The minimum Gasteiger partial charge on any atom is -0.495 e. The Hall–Kier alpha value is -1.71. The number of nitrogens with zero attached hydrogens (tertiary/aromatic N) is 1. The second-order valence-corrected chi connectivity index (χ2v) is 6.93. The van der Waals surface area contributed by atoms with Crippen molar-refractivity contribution in [1.29, 1.82) is 0 Å². The molecule has 1 heterocycles. The summed E-state index contributed by atoms with van der Waals surface area (Å²) in [5, 5.41) is 3.16. The van der Waals surface area contributed by atoms with Crippen LogP contribution in [0.1, 0.15) is 38.5 Å². The Balaban J connectivity index is 1.45. The summed E-state index contributed by atoms with van der Waals surface area (Å²) < 4.78 is 5.45. The molecule has 23 heavy (non-hydrogen) atoms. The average molecular weight is 316 g/mol. The fourth-order valence-corrected chi connectivity index (χ4v) is 3.92. The van der Waals surface area contributed by atoms with Crippen molar-refractivity contribution in [1.82, 2.24) is 5.32 Å². The molecule has 0 bridgehead atoms. The van der Waals surface area contributed by atoms with Gasteiger partial charge < -0.3 is 15.0 Å². The molecule has 1 aliphatic carbocycles. The summed E-state index contributed by atoms with van der Waals surface area (Å²) >= 11 is 0. The number of methoxy groups -OCH3 is 1. The van der Waals surface area contributed by atoms with E-state index in [-0.39, 0.29) is 5.91 Å². The van der Waals surface area contributed by atoms with Crippen molar-refractivity contribution in [3.63, 3.8) is 0 Å². The molecule has 1 atom stereocenters. The molecule has 1 aromatic rings. The highest BCUT2D eigenvalue weighted by Gasteiger charge is 2.25. The molecule has 4 nitrogen and oxygen atoms in total. The number of amides is 1. The zero-order chi connectivity index (χ0) is 16.1. The Bertz CT molecular complexity index is 526. The van der Waals surface area contributed by atoms with E-state index in [4.69, 9.17) is 4.74 Å². The van der Waals surface area contributed by atoms with Gasteiger partial charge in [-0.3, -0.25) is 4.79 Å². The minimum absolute atomic E-state index is 0.243. The van der Waals surface area contributed by atoms with Crippen molar-refractivity contribution in [2.24, 2.45) is 11.8 Å². The lowest BCUT2D eigenvalue weighted by Gasteiger charge is -2.21. The number of carbonyl (C=O) groups excluding carboxylic acids is 1. The van der Waals surface area contributed by atoms with E-state index in [2.05, 4.69) is 22.3 Å². The third kappa shape index (κ3) is 4.18. The van der Waals surface area contributed by atoms with Gasteiger partial charge in [0.15, 0.2) is 0 Å². The van der Waals surface area contributed by atoms with Crippen LogP contribution in [0.3, 0.4) is 0 Å². The highest BCUT2D eigenvalue weighted by Crippen LogP contribution is 2.32. The molecular weight excluding hydrogens is 288 g/mol. The average Bonchev–Trinajstić information content (AvgIpc) is 3.24. The number of anilines is 1. The van der Waals surface area contributed by atoms with Gasteiger partial charge in [0.1, 0.15) is 5.75 Å². The van der Waals surface area contributed by atoms with Gasteiger partial charge in [-0.15, -0.1) is 0 Å². The van der Waals surface area contributed by atoms with Crippen molar-refractivity contribution in [2.75, 3.05) is 31.6 Å². The molecule has 1 saturated carbocycles. The SMILES string of the molecule is COc1ccccc1N1CCC(CNC(=O)CC2CCCC2)C1. The van der Waals surface area contributed by atoms with Crippen LogP contribution in [0.5, 0.6) is 5.75 Å². The molecule has 3 rings (SSSR count). The van der Waals surface area contributed by atoms with Gasteiger partial charge in [0.25, 0.3) is 0 Å². The number of benzene rings is 1. The van der Waals surface area contributed by atoms with Crippen molar-refractivity contribution in [3.05, 3.63) is 24.3 Å². The van der Waals surface area contributed by atoms with Crippen LogP contribution in [0.4, 0.5) is 5.69 Å². The largest absolute Gasteiger partial charge is 0.495 e. The van der Waals surface area contributed by atoms with Crippen LogP contribution < -0.4 is 15.0 Å². The lowest BCUT2D eigenvalue weighted by atomic mass is 10.0. The van der Waals surface area contributed by atoms with Crippen LogP contribution in [0.15, 0.2) is 24.3 Å². The van der Waals surface area contributed by atoms with E-state index < -0.39 is 0 Å². The first kappa shape index (κ1) is 16.2. The number of ether oxygens (including phenoxy) is 1. The van der Waals surface area contributed by atoms with Gasteiger partial charge in [0.2, 0.25) is 5.91 Å². The van der Waals surface area contributed by atoms with Crippen molar-refractivity contribution in [3.8, 4) is 5.75 Å². The number of para-hydroxylation sites is 2. The summed E-state index contributed by atoms with van der Waals surface area (Å²) in [5.74, 6) is 2.34. The van der Waals surface area contributed by atoms with Gasteiger partial charge in [-0.2, -0.15) is 0 Å². The first-order valence-corrected chi connectivity index (χ1v) is 8.91. The van der Waals surface area contributed by atoms with E-state index in [9.17, 15) is 4.79 Å². The van der Waals surface area contributed by atoms with E-state index in [1.807, 2.05) is 12.1 Å². The molecule has 1 N–H and O–H groups in total. The summed E-state index contributed by atoms with van der Waals surface area (Å²) in [6.07, 6.45) is 6.92. The maximum atomic E-state index is 12.1. The molecule has 2 aliphatic rings. The van der Waals surface area contributed by atoms with Gasteiger partial charge in [-0.25, -0.2) is 0 Å². The van der Waals surface area contributed by atoms with Gasteiger partial charge in [-0.05, 0) is 43.2 Å². The maximum Gasteiger partial charge on any atom is 0.220 e. The maximum absolute atomic E-state index is 12.1. The Labute approximate surface area is 139 Å². The predicted molar refractivity (Wildman–Crippen MR) is 92.9 cm³/mol. The van der Waals surface area contributed by atoms with Crippen molar-refractivity contribution >= 4 is 11.6 Å². The Morgan fingerprint density at radius 1 is 1.22 bits per heavy atom. The summed E-state index contributed by atoms with van der Waals surface area (Å²) in [7, 11) is 1.72.